The summed E-state index contributed by atoms with van der Waals surface area (Å²) in [5, 5.41) is 10.3. The van der Waals surface area contributed by atoms with E-state index in [1.165, 1.54) is 75.6 Å². The predicted octanol–water partition coefficient (Wildman–Crippen LogP) is 4.89. The van der Waals surface area contributed by atoms with Crippen molar-refractivity contribution in [2.45, 2.75) is 76.7 Å². The fraction of sp³-hybridized carbons (Fsp3) is 0.739. The number of benzene rings is 1. The first-order valence-corrected chi connectivity index (χ1v) is 10.6. The average Bonchev–Trinajstić information content (AvgIpc) is 3.42. The molecule has 1 N–H and O–H groups in total. The molecule has 0 amide bonds. The van der Waals surface area contributed by atoms with Crippen molar-refractivity contribution in [1.29, 1.82) is 0 Å². The quantitative estimate of drug-likeness (QED) is 0.848. The van der Waals surface area contributed by atoms with Crippen LogP contribution in [0.4, 0.5) is 0 Å². The summed E-state index contributed by atoms with van der Waals surface area (Å²) in [5.41, 5.74) is 3.77. The van der Waals surface area contributed by atoms with Crippen LogP contribution in [0.5, 0.6) is 5.75 Å². The van der Waals surface area contributed by atoms with Crippen molar-refractivity contribution in [2.24, 2.45) is 17.3 Å². The molecule has 1 aliphatic heterocycles. The summed E-state index contributed by atoms with van der Waals surface area (Å²) in [6.45, 7) is 7.51. The molecule has 1 heterocycles. The van der Waals surface area contributed by atoms with Crippen LogP contribution in [0.15, 0.2) is 18.2 Å². The van der Waals surface area contributed by atoms with Gasteiger partial charge in [0.15, 0.2) is 0 Å². The third kappa shape index (κ3) is 2.19. The normalized spacial score (nSPS) is 40.4. The second-order valence-corrected chi connectivity index (χ2v) is 9.69. The lowest BCUT2D eigenvalue weighted by Crippen LogP contribution is -2.68. The van der Waals surface area contributed by atoms with Crippen molar-refractivity contribution in [3.63, 3.8) is 0 Å². The molecule has 0 radical (unpaired) electrons. The van der Waals surface area contributed by atoms with Crippen LogP contribution >= 0.6 is 0 Å². The van der Waals surface area contributed by atoms with E-state index in [2.05, 4.69) is 30.9 Å². The van der Waals surface area contributed by atoms with Gasteiger partial charge in [0.05, 0.1) is 0 Å². The standard InChI is InChI=1S/C23H33NO/c1-3-22-9-8-16(2)14-23(22)10-11-24(15-17-4-5-17)21(22)12-18-6-7-19(25)13-20(18)23/h6-7,13,16-17,21,25H,3-5,8-12,14-15H2,1-2H3/t16-,21+,22-,23+/m0/s1. The van der Waals surface area contributed by atoms with E-state index in [4.69, 9.17) is 0 Å². The summed E-state index contributed by atoms with van der Waals surface area (Å²) in [7, 11) is 0. The molecule has 0 spiro atoms. The van der Waals surface area contributed by atoms with E-state index in [1.54, 1.807) is 0 Å². The Morgan fingerprint density at radius 2 is 2.04 bits per heavy atom. The molecule has 0 aromatic heterocycles. The van der Waals surface area contributed by atoms with Crippen molar-refractivity contribution in [3.8, 4) is 5.75 Å². The number of phenolic OH excluding ortho intramolecular Hbond substituents is 1. The van der Waals surface area contributed by atoms with Crippen LogP contribution in [0.1, 0.15) is 69.9 Å². The molecule has 136 valence electrons. The number of rotatable bonds is 3. The second-order valence-electron chi connectivity index (χ2n) is 9.69. The fourth-order valence-corrected chi connectivity index (χ4v) is 7.15. The zero-order chi connectivity index (χ0) is 17.2. The molecule has 4 atom stereocenters. The Balaban J connectivity index is 1.66. The maximum absolute atomic E-state index is 10.3. The molecular formula is C23H33NO. The zero-order valence-electron chi connectivity index (χ0n) is 15.9. The van der Waals surface area contributed by atoms with Gasteiger partial charge in [-0.3, -0.25) is 4.90 Å². The number of fused-ring (bicyclic) bond motifs is 1. The summed E-state index contributed by atoms with van der Waals surface area (Å²) in [5.74, 6) is 2.25. The molecule has 1 aromatic carbocycles. The Morgan fingerprint density at radius 3 is 2.80 bits per heavy atom. The first-order valence-electron chi connectivity index (χ1n) is 10.6. The van der Waals surface area contributed by atoms with E-state index in [-0.39, 0.29) is 0 Å². The average molecular weight is 340 g/mol. The third-order valence-corrected chi connectivity index (χ3v) is 8.48. The topological polar surface area (TPSA) is 23.5 Å². The highest BCUT2D eigenvalue weighted by Gasteiger charge is 2.63. The monoisotopic (exact) mass is 339 g/mol. The lowest BCUT2D eigenvalue weighted by molar-refractivity contribution is -0.109. The lowest BCUT2D eigenvalue weighted by Gasteiger charge is -2.67. The van der Waals surface area contributed by atoms with Gasteiger partial charge in [-0.2, -0.15) is 0 Å². The Hall–Kier alpha value is -1.02. The highest BCUT2D eigenvalue weighted by molar-refractivity contribution is 5.47. The zero-order valence-corrected chi connectivity index (χ0v) is 15.9. The van der Waals surface area contributed by atoms with Gasteiger partial charge >= 0.3 is 0 Å². The molecule has 1 aromatic rings. The fourth-order valence-electron chi connectivity index (χ4n) is 7.15. The number of likely N-dealkylation sites (tertiary alicyclic amines) is 1. The van der Waals surface area contributed by atoms with Crippen LogP contribution in [-0.4, -0.2) is 29.1 Å². The van der Waals surface area contributed by atoms with Crippen molar-refractivity contribution in [2.75, 3.05) is 13.1 Å². The van der Waals surface area contributed by atoms with Gasteiger partial charge in [0, 0.05) is 18.0 Å². The van der Waals surface area contributed by atoms with Gasteiger partial charge in [0.25, 0.3) is 0 Å². The second kappa shape index (κ2) is 5.49. The summed E-state index contributed by atoms with van der Waals surface area (Å²) in [6.07, 6.45) is 10.8. The van der Waals surface area contributed by atoms with E-state index < -0.39 is 0 Å². The van der Waals surface area contributed by atoms with Crippen molar-refractivity contribution in [1.82, 2.24) is 4.90 Å². The summed E-state index contributed by atoms with van der Waals surface area (Å²) >= 11 is 0. The van der Waals surface area contributed by atoms with Crippen molar-refractivity contribution < 1.29 is 5.11 Å². The smallest absolute Gasteiger partial charge is 0.115 e. The largest absolute Gasteiger partial charge is 0.508 e. The first kappa shape index (κ1) is 16.2. The van der Waals surface area contributed by atoms with Crippen LogP contribution in [0.3, 0.4) is 0 Å². The molecule has 2 heteroatoms. The highest BCUT2D eigenvalue weighted by atomic mass is 16.3. The lowest BCUT2D eigenvalue weighted by atomic mass is 9.42. The minimum absolute atomic E-state index is 0.302. The molecule has 2 saturated carbocycles. The van der Waals surface area contributed by atoms with Crippen LogP contribution in [0, 0.1) is 17.3 Å². The minimum atomic E-state index is 0.302. The SMILES string of the molecule is CC[C@@]12CC[C@H](C)C[C@@]13CCN(CC1CC1)[C@@H]2Cc1ccc(O)cc13. The van der Waals surface area contributed by atoms with Gasteiger partial charge in [0.2, 0.25) is 0 Å². The van der Waals surface area contributed by atoms with Gasteiger partial charge in [-0.05, 0) is 92.0 Å². The van der Waals surface area contributed by atoms with Crippen LogP contribution in [0.25, 0.3) is 0 Å². The van der Waals surface area contributed by atoms with E-state index >= 15 is 0 Å². The number of piperidine rings is 1. The Kier molecular flexibility index (Phi) is 3.55. The van der Waals surface area contributed by atoms with Crippen LogP contribution in [-0.2, 0) is 11.8 Å². The van der Waals surface area contributed by atoms with E-state index in [0.717, 1.165) is 17.9 Å². The molecule has 25 heavy (non-hydrogen) atoms. The molecule has 2 bridgehead atoms. The molecule has 3 aliphatic carbocycles. The molecule has 2 nitrogen and oxygen atoms in total. The number of phenols is 1. The highest BCUT2D eigenvalue weighted by Crippen LogP contribution is 2.65. The first-order chi connectivity index (χ1) is 12.1. The third-order valence-electron chi connectivity index (χ3n) is 8.48. The molecule has 5 rings (SSSR count). The summed E-state index contributed by atoms with van der Waals surface area (Å²) in [6, 6.07) is 7.02. The number of hydrogen-bond acceptors (Lipinski definition) is 2. The molecule has 4 aliphatic rings. The Bertz CT molecular complexity index is 681. The Labute approximate surface area is 152 Å². The van der Waals surface area contributed by atoms with E-state index in [9.17, 15) is 5.11 Å². The van der Waals surface area contributed by atoms with Gasteiger partial charge in [-0.25, -0.2) is 0 Å². The molecule has 3 fully saturated rings. The van der Waals surface area contributed by atoms with Crippen LogP contribution in [0.2, 0.25) is 0 Å². The molecule has 0 unspecified atom stereocenters. The predicted molar refractivity (Wildman–Crippen MR) is 102 cm³/mol. The number of hydrogen-bond donors (Lipinski definition) is 1. The van der Waals surface area contributed by atoms with E-state index in [0.29, 0.717) is 16.6 Å². The summed E-state index contributed by atoms with van der Waals surface area (Å²) in [4.78, 5) is 2.89. The van der Waals surface area contributed by atoms with E-state index in [1.807, 2.05) is 6.07 Å². The van der Waals surface area contributed by atoms with Gasteiger partial charge in [0.1, 0.15) is 5.75 Å². The van der Waals surface area contributed by atoms with Gasteiger partial charge in [-0.1, -0.05) is 26.3 Å². The minimum Gasteiger partial charge on any atom is -0.508 e. The number of nitrogens with zero attached hydrogens (tertiary/aromatic N) is 1. The molecule has 1 saturated heterocycles. The van der Waals surface area contributed by atoms with Gasteiger partial charge in [-0.15, -0.1) is 0 Å². The van der Waals surface area contributed by atoms with Crippen molar-refractivity contribution in [3.05, 3.63) is 29.3 Å². The maximum atomic E-state index is 10.3. The van der Waals surface area contributed by atoms with Crippen molar-refractivity contribution >= 4 is 0 Å². The number of aromatic hydroxyl groups is 1. The Morgan fingerprint density at radius 1 is 1.20 bits per heavy atom. The maximum Gasteiger partial charge on any atom is 0.115 e. The van der Waals surface area contributed by atoms with Crippen LogP contribution < -0.4 is 0 Å². The molecular weight excluding hydrogens is 306 g/mol. The summed E-state index contributed by atoms with van der Waals surface area (Å²) < 4.78 is 0. The van der Waals surface area contributed by atoms with Gasteiger partial charge < -0.3 is 5.11 Å².